The number of rotatable bonds is 3. The van der Waals surface area contributed by atoms with E-state index in [9.17, 15) is 0 Å². The molecule has 2 N–H and O–H groups in total. The van der Waals surface area contributed by atoms with Crippen LogP contribution < -0.4 is 5.73 Å². The number of aromatic nitrogens is 3. The lowest BCUT2D eigenvalue weighted by molar-refractivity contribution is 0.0723. The lowest BCUT2D eigenvalue weighted by Gasteiger charge is -2.45. The average Bonchev–Trinajstić information content (AvgIpc) is 2.48. The van der Waals surface area contributed by atoms with E-state index in [4.69, 9.17) is 5.73 Å². The van der Waals surface area contributed by atoms with Gasteiger partial charge in [-0.15, -0.1) is 0 Å². The average molecular weight is 195 g/mol. The third kappa shape index (κ3) is 1.78. The third-order valence-electron chi connectivity index (χ3n) is 2.53. The smallest absolute Gasteiger partial charge is 0.140 e. The minimum absolute atomic E-state index is 0.00291. The molecule has 2 heterocycles. The van der Waals surface area contributed by atoms with E-state index < -0.39 is 0 Å². The molecule has 1 aliphatic heterocycles. The van der Waals surface area contributed by atoms with Crippen LogP contribution in [0.1, 0.15) is 19.7 Å². The van der Waals surface area contributed by atoms with Crippen molar-refractivity contribution in [2.75, 3.05) is 13.1 Å². The fourth-order valence-corrected chi connectivity index (χ4v) is 1.96. The Morgan fingerprint density at radius 3 is 2.86 bits per heavy atom. The first-order valence-electron chi connectivity index (χ1n) is 4.98. The highest BCUT2D eigenvalue weighted by atomic mass is 15.4. The second-order valence-electron chi connectivity index (χ2n) is 4.29. The van der Waals surface area contributed by atoms with E-state index in [2.05, 4.69) is 28.8 Å². The maximum atomic E-state index is 5.93. The van der Waals surface area contributed by atoms with Gasteiger partial charge in [-0.2, -0.15) is 5.10 Å². The van der Waals surface area contributed by atoms with Crippen LogP contribution in [-0.2, 0) is 13.1 Å². The van der Waals surface area contributed by atoms with Gasteiger partial charge in [0.1, 0.15) is 12.2 Å². The van der Waals surface area contributed by atoms with Gasteiger partial charge < -0.3 is 5.73 Å². The molecule has 0 bridgehead atoms. The minimum Gasteiger partial charge on any atom is -0.323 e. The summed E-state index contributed by atoms with van der Waals surface area (Å²) >= 11 is 0. The molecule has 1 aromatic rings. The van der Waals surface area contributed by atoms with Crippen molar-refractivity contribution < 1.29 is 0 Å². The maximum absolute atomic E-state index is 5.93. The molecule has 5 heteroatoms. The fourth-order valence-electron chi connectivity index (χ4n) is 1.96. The molecule has 2 rings (SSSR count). The van der Waals surface area contributed by atoms with Crippen molar-refractivity contribution in [1.29, 1.82) is 0 Å². The quantitative estimate of drug-likeness (QED) is 0.727. The number of aryl methyl sites for hydroxylation is 1. The predicted octanol–water partition coefficient (Wildman–Crippen LogP) is -0.169. The van der Waals surface area contributed by atoms with E-state index in [1.807, 2.05) is 4.68 Å². The van der Waals surface area contributed by atoms with Crippen LogP contribution in [-0.4, -0.2) is 38.3 Å². The number of nitrogens with zero attached hydrogens (tertiary/aromatic N) is 4. The zero-order chi connectivity index (χ0) is 10.2. The summed E-state index contributed by atoms with van der Waals surface area (Å²) in [4.78, 5) is 6.51. The first-order valence-corrected chi connectivity index (χ1v) is 4.98. The first kappa shape index (κ1) is 9.61. The normalized spacial score (nSPS) is 20.8. The summed E-state index contributed by atoms with van der Waals surface area (Å²) in [5.41, 5.74) is 5.92. The maximum Gasteiger partial charge on any atom is 0.140 e. The minimum atomic E-state index is -0.00291. The fraction of sp³-hybridized carbons (Fsp3) is 0.778. The van der Waals surface area contributed by atoms with Gasteiger partial charge >= 0.3 is 0 Å². The molecular formula is C9H17N5. The molecule has 0 radical (unpaired) electrons. The van der Waals surface area contributed by atoms with E-state index in [1.54, 1.807) is 6.33 Å². The molecule has 0 spiro atoms. The molecule has 1 fully saturated rings. The molecule has 1 saturated heterocycles. The number of nitrogens with two attached hydrogens (primary N) is 1. The van der Waals surface area contributed by atoms with Gasteiger partial charge in [0.05, 0.1) is 6.54 Å². The van der Waals surface area contributed by atoms with Crippen molar-refractivity contribution in [2.45, 2.75) is 32.5 Å². The van der Waals surface area contributed by atoms with Crippen LogP contribution >= 0.6 is 0 Å². The van der Waals surface area contributed by atoms with Crippen molar-refractivity contribution in [3.63, 3.8) is 0 Å². The predicted molar refractivity (Wildman–Crippen MR) is 53.6 cm³/mol. The molecular weight excluding hydrogens is 178 g/mol. The summed E-state index contributed by atoms with van der Waals surface area (Å²) in [5, 5.41) is 4.13. The van der Waals surface area contributed by atoms with E-state index in [0.29, 0.717) is 0 Å². The molecule has 5 nitrogen and oxygen atoms in total. The zero-order valence-electron chi connectivity index (χ0n) is 8.77. The monoisotopic (exact) mass is 195 g/mol. The van der Waals surface area contributed by atoms with Crippen LogP contribution in [0.25, 0.3) is 0 Å². The molecule has 0 saturated carbocycles. The third-order valence-corrected chi connectivity index (χ3v) is 2.53. The topological polar surface area (TPSA) is 60.0 Å². The molecule has 0 unspecified atom stereocenters. The zero-order valence-corrected chi connectivity index (χ0v) is 8.77. The first-order chi connectivity index (χ1) is 6.61. The molecule has 78 valence electrons. The number of hydrogen-bond acceptors (Lipinski definition) is 4. The Bertz CT molecular complexity index is 309. The highest BCUT2D eigenvalue weighted by Crippen LogP contribution is 2.18. The van der Waals surface area contributed by atoms with E-state index in [-0.39, 0.29) is 5.54 Å². The van der Waals surface area contributed by atoms with Gasteiger partial charge in [0.2, 0.25) is 0 Å². The standard InChI is InChI=1S/C9H17N5/c1-3-14-8(11-7-12-14)4-13-5-9(2,10)6-13/h7H,3-6,10H2,1-2H3. The van der Waals surface area contributed by atoms with Gasteiger partial charge in [0.25, 0.3) is 0 Å². The summed E-state index contributed by atoms with van der Waals surface area (Å²) in [6, 6.07) is 0. The Balaban J connectivity index is 1.93. The van der Waals surface area contributed by atoms with E-state index >= 15 is 0 Å². The largest absolute Gasteiger partial charge is 0.323 e. The van der Waals surface area contributed by atoms with Crippen molar-refractivity contribution in [2.24, 2.45) is 5.73 Å². The Morgan fingerprint density at radius 1 is 1.57 bits per heavy atom. The molecule has 0 aromatic carbocycles. The molecule has 0 atom stereocenters. The summed E-state index contributed by atoms with van der Waals surface area (Å²) in [6.45, 7) is 7.78. The van der Waals surface area contributed by atoms with Gasteiger partial charge in [-0.25, -0.2) is 9.67 Å². The van der Waals surface area contributed by atoms with Gasteiger partial charge in [-0.1, -0.05) is 0 Å². The summed E-state index contributed by atoms with van der Waals surface area (Å²) in [6.07, 6.45) is 1.61. The van der Waals surface area contributed by atoms with Crippen LogP contribution in [0.3, 0.4) is 0 Å². The molecule has 1 aromatic heterocycles. The van der Waals surface area contributed by atoms with Crippen LogP contribution in [0.15, 0.2) is 6.33 Å². The Kier molecular flexibility index (Phi) is 2.28. The SMILES string of the molecule is CCn1ncnc1CN1CC(C)(N)C1. The van der Waals surface area contributed by atoms with E-state index in [0.717, 1.165) is 32.0 Å². The van der Waals surface area contributed by atoms with Gasteiger partial charge in [0, 0.05) is 25.2 Å². The highest BCUT2D eigenvalue weighted by molar-refractivity contribution is 4.98. The summed E-state index contributed by atoms with van der Waals surface area (Å²) in [5.74, 6) is 1.03. The van der Waals surface area contributed by atoms with Gasteiger partial charge in [0.15, 0.2) is 0 Å². The summed E-state index contributed by atoms with van der Waals surface area (Å²) < 4.78 is 1.92. The van der Waals surface area contributed by atoms with E-state index in [1.165, 1.54) is 0 Å². The highest BCUT2D eigenvalue weighted by Gasteiger charge is 2.35. The van der Waals surface area contributed by atoms with Gasteiger partial charge in [-0.05, 0) is 13.8 Å². The number of hydrogen-bond donors (Lipinski definition) is 1. The Morgan fingerprint density at radius 2 is 2.29 bits per heavy atom. The molecule has 0 aliphatic carbocycles. The van der Waals surface area contributed by atoms with Crippen LogP contribution in [0, 0.1) is 0 Å². The second-order valence-corrected chi connectivity index (χ2v) is 4.29. The lowest BCUT2D eigenvalue weighted by atomic mass is 9.94. The van der Waals surface area contributed by atoms with Crippen molar-refractivity contribution >= 4 is 0 Å². The Hall–Kier alpha value is -0.940. The number of likely N-dealkylation sites (tertiary alicyclic amines) is 1. The molecule has 14 heavy (non-hydrogen) atoms. The van der Waals surface area contributed by atoms with Gasteiger partial charge in [-0.3, -0.25) is 4.90 Å². The molecule has 0 amide bonds. The van der Waals surface area contributed by atoms with Crippen LogP contribution in [0.4, 0.5) is 0 Å². The van der Waals surface area contributed by atoms with Crippen molar-refractivity contribution in [1.82, 2.24) is 19.7 Å². The summed E-state index contributed by atoms with van der Waals surface area (Å²) in [7, 11) is 0. The lowest BCUT2D eigenvalue weighted by Crippen LogP contribution is -2.64. The Labute approximate surface area is 83.9 Å². The second kappa shape index (κ2) is 3.33. The van der Waals surface area contributed by atoms with Crippen LogP contribution in [0.5, 0.6) is 0 Å². The molecule has 1 aliphatic rings. The van der Waals surface area contributed by atoms with Crippen molar-refractivity contribution in [3.05, 3.63) is 12.2 Å². The van der Waals surface area contributed by atoms with Crippen LogP contribution in [0.2, 0.25) is 0 Å². The van der Waals surface area contributed by atoms with Crippen molar-refractivity contribution in [3.8, 4) is 0 Å².